The Balaban J connectivity index is 1.59. The lowest BCUT2D eigenvalue weighted by Gasteiger charge is -2.14. The van der Waals surface area contributed by atoms with Gasteiger partial charge in [0.25, 0.3) is 21.8 Å². The first kappa shape index (κ1) is 17.7. The third-order valence-corrected chi connectivity index (χ3v) is 7.09. The maximum atomic E-state index is 12.5. The van der Waals surface area contributed by atoms with Gasteiger partial charge in [0.15, 0.2) is 0 Å². The maximum Gasteiger partial charge on any atom is 0.271 e. The van der Waals surface area contributed by atoms with Crippen molar-refractivity contribution in [3.8, 4) is 0 Å². The van der Waals surface area contributed by atoms with E-state index in [2.05, 4.69) is 4.72 Å². The van der Waals surface area contributed by atoms with Crippen LogP contribution in [0.3, 0.4) is 0 Å². The lowest BCUT2D eigenvalue weighted by Crippen LogP contribution is -2.29. The second-order valence-electron chi connectivity index (χ2n) is 5.70. The molecule has 1 aromatic heterocycles. The molecule has 1 aliphatic heterocycles. The highest BCUT2D eigenvalue weighted by molar-refractivity contribution is 7.94. The molecule has 136 valence electrons. The van der Waals surface area contributed by atoms with E-state index in [-0.39, 0.29) is 4.21 Å². The van der Waals surface area contributed by atoms with Crippen LogP contribution in [0.1, 0.15) is 20.7 Å². The van der Waals surface area contributed by atoms with E-state index >= 15 is 0 Å². The van der Waals surface area contributed by atoms with E-state index in [0.717, 1.165) is 16.2 Å². The maximum absolute atomic E-state index is 12.5. The molecule has 0 spiro atoms. The van der Waals surface area contributed by atoms with Crippen molar-refractivity contribution < 1.29 is 18.0 Å². The molecule has 2 heterocycles. The van der Waals surface area contributed by atoms with Gasteiger partial charge in [-0.05, 0) is 48.5 Å². The SMILES string of the molecule is O=C1c2ccccc2C(=O)N1c1ccc(NS(=O)(=O)c2ccc(Cl)s2)cc1. The summed E-state index contributed by atoms with van der Waals surface area (Å²) in [6.07, 6.45) is 0. The van der Waals surface area contributed by atoms with Crippen LogP contribution in [-0.4, -0.2) is 20.2 Å². The van der Waals surface area contributed by atoms with Gasteiger partial charge in [0.1, 0.15) is 4.21 Å². The van der Waals surface area contributed by atoms with Gasteiger partial charge >= 0.3 is 0 Å². The van der Waals surface area contributed by atoms with Crippen molar-refractivity contribution >= 4 is 56.2 Å². The number of sulfonamides is 1. The number of carbonyl (C=O) groups excluding carboxylic acids is 2. The molecule has 3 aromatic rings. The van der Waals surface area contributed by atoms with Crippen molar-refractivity contribution in [3.63, 3.8) is 0 Å². The Morgan fingerprint density at radius 3 is 1.96 bits per heavy atom. The molecule has 0 fully saturated rings. The molecule has 1 aliphatic rings. The number of hydrogen-bond acceptors (Lipinski definition) is 5. The van der Waals surface area contributed by atoms with Crippen LogP contribution in [0.15, 0.2) is 64.9 Å². The number of rotatable bonds is 4. The molecule has 2 amide bonds. The number of halogens is 1. The first-order valence-corrected chi connectivity index (χ1v) is 10.4. The van der Waals surface area contributed by atoms with Crippen LogP contribution in [0.25, 0.3) is 0 Å². The molecule has 27 heavy (non-hydrogen) atoms. The zero-order chi connectivity index (χ0) is 19.2. The Morgan fingerprint density at radius 2 is 1.44 bits per heavy atom. The molecule has 0 bridgehead atoms. The van der Waals surface area contributed by atoms with Crippen LogP contribution in [0.5, 0.6) is 0 Å². The summed E-state index contributed by atoms with van der Waals surface area (Å²) in [5, 5.41) is 0. The Morgan fingerprint density at radius 1 is 0.852 bits per heavy atom. The fraction of sp³-hybridized carbons (Fsp3) is 0. The van der Waals surface area contributed by atoms with Crippen molar-refractivity contribution in [2.24, 2.45) is 0 Å². The molecule has 0 saturated carbocycles. The summed E-state index contributed by atoms with van der Waals surface area (Å²) in [5.41, 5.74) is 1.37. The minimum atomic E-state index is -3.75. The molecular weight excluding hydrogens is 408 g/mol. The molecule has 0 unspecified atom stereocenters. The highest BCUT2D eigenvalue weighted by Crippen LogP contribution is 2.30. The molecule has 1 N–H and O–H groups in total. The van der Waals surface area contributed by atoms with Crippen LogP contribution in [0.4, 0.5) is 11.4 Å². The van der Waals surface area contributed by atoms with E-state index in [1.165, 1.54) is 36.4 Å². The van der Waals surface area contributed by atoms with Gasteiger partial charge in [-0.15, -0.1) is 11.3 Å². The zero-order valence-electron chi connectivity index (χ0n) is 13.5. The Kier molecular flexibility index (Phi) is 4.26. The summed E-state index contributed by atoms with van der Waals surface area (Å²) in [7, 11) is -3.75. The second kappa shape index (κ2) is 6.49. The van der Waals surface area contributed by atoms with E-state index in [9.17, 15) is 18.0 Å². The summed E-state index contributed by atoms with van der Waals surface area (Å²) >= 11 is 6.73. The van der Waals surface area contributed by atoms with E-state index in [0.29, 0.717) is 26.8 Å². The van der Waals surface area contributed by atoms with Crippen molar-refractivity contribution in [1.82, 2.24) is 0 Å². The highest BCUT2D eigenvalue weighted by Gasteiger charge is 2.36. The number of imide groups is 1. The number of amides is 2. The number of thiophene rings is 1. The molecule has 0 saturated heterocycles. The van der Waals surface area contributed by atoms with Gasteiger partial charge in [-0.3, -0.25) is 14.3 Å². The van der Waals surface area contributed by atoms with Gasteiger partial charge in [-0.2, -0.15) is 0 Å². The number of hydrogen-bond donors (Lipinski definition) is 1. The number of nitrogens with one attached hydrogen (secondary N) is 1. The summed E-state index contributed by atoms with van der Waals surface area (Å²) in [5.74, 6) is -0.811. The molecule has 0 radical (unpaired) electrons. The zero-order valence-corrected chi connectivity index (χ0v) is 15.9. The van der Waals surface area contributed by atoms with Crippen LogP contribution >= 0.6 is 22.9 Å². The highest BCUT2D eigenvalue weighted by atomic mass is 35.5. The molecule has 6 nitrogen and oxygen atoms in total. The fourth-order valence-corrected chi connectivity index (χ4v) is 5.29. The van der Waals surface area contributed by atoms with Gasteiger partial charge in [0.2, 0.25) is 0 Å². The van der Waals surface area contributed by atoms with Crippen LogP contribution in [0, 0.1) is 0 Å². The topological polar surface area (TPSA) is 83.6 Å². The largest absolute Gasteiger partial charge is 0.279 e. The predicted octanol–water partition coefficient (Wildman–Crippen LogP) is 4.00. The lowest BCUT2D eigenvalue weighted by atomic mass is 10.1. The van der Waals surface area contributed by atoms with Gasteiger partial charge in [0.05, 0.1) is 21.2 Å². The summed E-state index contributed by atoms with van der Waals surface area (Å²) in [6, 6.07) is 15.5. The van der Waals surface area contributed by atoms with E-state index in [1.54, 1.807) is 24.3 Å². The molecular formula is C18H11ClN2O4S2. The van der Waals surface area contributed by atoms with Crippen molar-refractivity contribution in [2.45, 2.75) is 4.21 Å². The third kappa shape index (κ3) is 3.12. The average Bonchev–Trinajstić information content (AvgIpc) is 3.19. The number of anilines is 2. The Labute approximate surface area is 164 Å². The molecule has 2 aromatic carbocycles. The van der Waals surface area contributed by atoms with Crippen molar-refractivity contribution in [1.29, 1.82) is 0 Å². The first-order chi connectivity index (χ1) is 12.9. The number of carbonyl (C=O) groups is 2. The van der Waals surface area contributed by atoms with Gasteiger partial charge in [0, 0.05) is 5.69 Å². The normalized spacial score (nSPS) is 13.7. The lowest BCUT2D eigenvalue weighted by molar-refractivity contribution is 0.0926. The molecule has 0 atom stereocenters. The van der Waals surface area contributed by atoms with Crippen molar-refractivity contribution in [3.05, 3.63) is 76.1 Å². The standard InChI is InChI=1S/C18H11ClN2O4S2/c19-15-9-10-16(26-15)27(24,25)20-11-5-7-12(8-6-11)21-17(22)13-3-1-2-4-14(13)18(21)23/h1-10,20H. The van der Waals surface area contributed by atoms with Gasteiger partial charge in [-0.1, -0.05) is 23.7 Å². The minimum Gasteiger partial charge on any atom is -0.279 e. The smallest absolute Gasteiger partial charge is 0.271 e. The molecule has 9 heteroatoms. The Bertz CT molecular complexity index is 1140. The summed E-state index contributed by atoms with van der Waals surface area (Å²) in [4.78, 5) is 26.1. The number of fused-ring (bicyclic) bond motifs is 1. The van der Waals surface area contributed by atoms with Gasteiger partial charge < -0.3 is 0 Å². The van der Waals surface area contributed by atoms with E-state index in [4.69, 9.17) is 11.6 Å². The van der Waals surface area contributed by atoms with Crippen LogP contribution in [0.2, 0.25) is 4.34 Å². The molecule has 4 rings (SSSR count). The third-order valence-electron chi connectivity index (χ3n) is 3.99. The second-order valence-corrected chi connectivity index (χ2v) is 9.33. The summed E-state index contributed by atoms with van der Waals surface area (Å²) < 4.78 is 27.6. The van der Waals surface area contributed by atoms with Crippen LogP contribution < -0.4 is 9.62 Å². The number of benzene rings is 2. The van der Waals surface area contributed by atoms with E-state index < -0.39 is 21.8 Å². The van der Waals surface area contributed by atoms with E-state index in [1.807, 2.05) is 0 Å². The molecule has 0 aliphatic carbocycles. The Hall–Kier alpha value is -2.68. The summed E-state index contributed by atoms with van der Waals surface area (Å²) in [6.45, 7) is 0. The average molecular weight is 419 g/mol. The monoisotopic (exact) mass is 418 g/mol. The predicted molar refractivity (Wildman–Crippen MR) is 104 cm³/mol. The first-order valence-electron chi connectivity index (χ1n) is 7.73. The van der Waals surface area contributed by atoms with Gasteiger partial charge in [-0.25, -0.2) is 13.3 Å². The van der Waals surface area contributed by atoms with Crippen LogP contribution in [-0.2, 0) is 10.0 Å². The van der Waals surface area contributed by atoms with Crippen molar-refractivity contribution in [2.75, 3.05) is 9.62 Å². The fourth-order valence-electron chi connectivity index (χ4n) is 2.75. The quantitative estimate of drug-likeness (QED) is 0.649. The minimum absolute atomic E-state index is 0.0944. The number of nitrogens with zero attached hydrogens (tertiary/aromatic N) is 1.